The fourth-order valence-electron chi connectivity index (χ4n) is 1.51. The minimum Gasteiger partial charge on any atom is -0.443 e. The van der Waals surface area contributed by atoms with Gasteiger partial charge in [-0.25, -0.2) is 9.69 Å². The number of amides is 2. The Labute approximate surface area is 102 Å². The number of likely N-dealkylation sites (tertiary alicyclic amines) is 1. The van der Waals surface area contributed by atoms with Crippen LogP contribution in [0.2, 0.25) is 0 Å². The lowest BCUT2D eigenvalue weighted by Crippen LogP contribution is -2.48. The fraction of sp³-hybridized carbons (Fsp3) is 0.636. The third-order valence-electron chi connectivity index (χ3n) is 2.24. The summed E-state index contributed by atoms with van der Waals surface area (Å²) in [4.78, 5) is 23.2. The van der Waals surface area contributed by atoms with Gasteiger partial charge in [0.05, 0.1) is 0 Å². The van der Waals surface area contributed by atoms with Crippen molar-refractivity contribution in [1.82, 2.24) is 4.90 Å². The summed E-state index contributed by atoms with van der Waals surface area (Å²) in [5.41, 5.74) is -1.22. The highest BCUT2D eigenvalue weighted by Gasteiger charge is 2.54. The molecule has 2 amide bonds. The Balaban J connectivity index is 2.99. The van der Waals surface area contributed by atoms with Gasteiger partial charge in [-0.15, -0.1) is 0 Å². The number of carbonyl (C=O) groups is 2. The average Bonchev–Trinajstić information content (AvgIpc) is 2.39. The maximum Gasteiger partial charge on any atom is 0.417 e. The molecular formula is C11H14F3NO3. The number of alkyl halides is 3. The zero-order valence-electron chi connectivity index (χ0n) is 10.3. The Morgan fingerprint density at radius 2 is 1.89 bits per heavy atom. The fourth-order valence-corrected chi connectivity index (χ4v) is 1.51. The molecule has 1 atom stereocenters. The summed E-state index contributed by atoms with van der Waals surface area (Å²) in [6.45, 7) is 7.74. The van der Waals surface area contributed by atoms with Crippen molar-refractivity contribution in [3.05, 3.63) is 12.2 Å². The van der Waals surface area contributed by atoms with E-state index in [4.69, 9.17) is 4.74 Å². The first-order valence-electron chi connectivity index (χ1n) is 5.24. The summed E-state index contributed by atoms with van der Waals surface area (Å²) >= 11 is 0. The second kappa shape index (κ2) is 4.29. The van der Waals surface area contributed by atoms with E-state index in [0.29, 0.717) is 0 Å². The van der Waals surface area contributed by atoms with Crippen molar-refractivity contribution in [1.29, 1.82) is 0 Å². The number of hydrogen-bond donors (Lipinski definition) is 0. The van der Waals surface area contributed by atoms with Gasteiger partial charge in [0.15, 0.2) is 0 Å². The van der Waals surface area contributed by atoms with E-state index in [1.807, 2.05) is 0 Å². The van der Waals surface area contributed by atoms with Crippen LogP contribution in [0, 0.1) is 0 Å². The number of halogens is 3. The van der Waals surface area contributed by atoms with Gasteiger partial charge in [-0.2, -0.15) is 13.2 Å². The van der Waals surface area contributed by atoms with Gasteiger partial charge in [0, 0.05) is 12.0 Å². The molecule has 0 aliphatic carbocycles. The van der Waals surface area contributed by atoms with E-state index in [-0.39, 0.29) is 10.5 Å². The van der Waals surface area contributed by atoms with Gasteiger partial charge in [0.2, 0.25) is 0 Å². The Bertz CT molecular complexity index is 395. The summed E-state index contributed by atoms with van der Waals surface area (Å²) in [5.74, 6) is -1.04. The van der Waals surface area contributed by atoms with Crippen molar-refractivity contribution in [3.63, 3.8) is 0 Å². The number of hydrogen-bond acceptors (Lipinski definition) is 3. The molecule has 0 aromatic rings. The first-order chi connectivity index (χ1) is 7.93. The smallest absolute Gasteiger partial charge is 0.417 e. The van der Waals surface area contributed by atoms with Crippen molar-refractivity contribution < 1.29 is 27.5 Å². The minimum absolute atomic E-state index is 0.0909. The van der Waals surface area contributed by atoms with E-state index in [2.05, 4.69) is 6.58 Å². The second-order valence-electron chi connectivity index (χ2n) is 5.02. The van der Waals surface area contributed by atoms with Gasteiger partial charge < -0.3 is 4.74 Å². The first-order valence-corrected chi connectivity index (χ1v) is 5.24. The molecular weight excluding hydrogens is 251 g/mol. The molecule has 0 spiro atoms. The predicted molar refractivity (Wildman–Crippen MR) is 56.7 cm³/mol. The molecule has 0 bridgehead atoms. The van der Waals surface area contributed by atoms with Crippen molar-refractivity contribution in [3.8, 4) is 0 Å². The predicted octanol–water partition coefficient (Wildman–Crippen LogP) is 2.64. The molecule has 1 aliphatic heterocycles. The number of rotatable bonds is 0. The molecule has 18 heavy (non-hydrogen) atoms. The number of imide groups is 1. The van der Waals surface area contributed by atoms with Crippen LogP contribution in [-0.4, -0.2) is 34.7 Å². The average molecular weight is 265 g/mol. The van der Waals surface area contributed by atoms with Crippen LogP contribution in [0.1, 0.15) is 27.2 Å². The summed E-state index contributed by atoms with van der Waals surface area (Å²) in [5, 5.41) is 0. The van der Waals surface area contributed by atoms with Crippen LogP contribution >= 0.6 is 0 Å². The number of carbonyl (C=O) groups excluding carboxylic acids is 2. The Morgan fingerprint density at radius 3 is 2.28 bits per heavy atom. The van der Waals surface area contributed by atoms with E-state index in [0.717, 1.165) is 0 Å². The van der Waals surface area contributed by atoms with Crippen LogP contribution in [0.4, 0.5) is 18.0 Å². The van der Waals surface area contributed by atoms with E-state index in [9.17, 15) is 22.8 Å². The molecule has 102 valence electrons. The summed E-state index contributed by atoms with van der Waals surface area (Å²) in [7, 11) is 0. The van der Waals surface area contributed by atoms with E-state index in [1.54, 1.807) is 0 Å². The molecule has 0 aromatic heterocycles. The molecule has 0 N–H and O–H groups in total. The normalized spacial score (nSPS) is 21.4. The van der Waals surface area contributed by atoms with Crippen molar-refractivity contribution >= 4 is 12.0 Å². The van der Waals surface area contributed by atoms with Crippen LogP contribution in [0.3, 0.4) is 0 Å². The van der Waals surface area contributed by atoms with Crippen LogP contribution in [0.15, 0.2) is 12.2 Å². The summed E-state index contributed by atoms with van der Waals surface area (Å²) in [6, 6.07) is -2.19. The minimum atomic E-state index is -4.69. The molecule has 0 radical (unpaired) electrons. The maximum atomic E-state index is 12.7. The Hall–Kier alpha value is -1.53. The van der Waals surface area contributed by atoms with Crippen LogP contribution in [0.5, 0.6) is 0 Å². The van der Waals surface area contributed by atoms with Crippen LogP contribution in [0.25, 0.3) is 0 Å². The zero-order chi connectivity index (χ0) is 14.3. The molecule has 0 aromatic carbocycles. The monoisotopic (exact) mass is 265 g/mol. The molecule has 0 saturated carbocycles. The molecule has 4 nitrogen and oxygen atoms in total. The summed E-state index contributed by atoms with van der Waals surface area (Å²) < 4.78 is 42.9. The van der Waals surface area contributed by atoms with Crippen LogP contribution in [-0.2, 0) is 9.53 Å². The van der Waals surface area contributed by atoms with Crippen molar-refractivity contribution in [2.24, 2.45) is 0 Å². The lowest BCUT2D eigenvalue weighted by Gasteiger charge is -2.27. The number of ether oxygens (including phenoxy) is 1. The Morgan fingerprint density at radius 1 is 1.39 bits per heavy atom. The molecule has 1 aliphatic rings. The Kier molecular flexibility index (Phi) is 3.47. The van der Waals surface area contributed by atoms with Gasteiger partial charge in [0.1, 0.15) is 11.6 Å². The SMILES string of the molecule is C=C1C[C@H](C(F)(F)F)N(C(=O)OC(C)(C)C)C1=O. The van der Waals surface area contributed by atoms with Gasteiger partial charge in [-0.05, 0) is 20.8 Å². The van der Waals surface area contributed by atoms with Gasteiger partial charge in [-0.1, -0.05) is 6.58 Å². The topological polar surface area (TPSA) is 46.6 Å². The molecule has 1 heterocycles. The van der Waals surface area contributed by atoms with E-state index < -0.39 is 36.2 Å². The van der Waals surface area contributed by atoms with Gasteiger partial charge >= 0.3 is 12.3 Å². The number of nitrogens with zero attached hydrogens (tertiary/aromatic N) is 1. The third-order valence-corrected chi connectivity index (χ3v) is 2.24. The first kappa shape index (κ1) is 14.5. The van der Waals surface area contributed by atoms with Gasteiger partial charge in [-0.3, -0.25) is 4.79 Å². The molecule has 1 rings (SSSR count). The van der Waals surface area contributed by atoms with Gasteiger partial charge in [0.25, 0.3) is 5.91 Å². The lowest BCUT2D eigenvalue weighted by atomic mass is 10.2. The highest BCUT2D eigenvalue weighted by molar-refractivity contribution is 6.04. The lowest BCUT2D eigenvalue weighted by molar-refractivity contribution is -0.177. The van der Waals surface area contributed by atoms with Crippen LogP contribution < -0.4 is 0 Å². The third kappa shape index (κ3) is 3.02. The quantitative estimate of drug-likeness (QED) is 0.632. The van der Waals surface area contributed by atoms with E-state index >= 15 is 0 Å². The van der Waals surface area contributed by atoms with E-state index in [1.165, 1.54) is 20.8 Å². The molecule has 7 heteroatoms. The standard InChI is InChI=1S/C11H14F3NO3/c1-6-5-7(11(12,13)14)15(8(6)16)9(17)18-10(2,3)4/h7H,1,5H2,2-4H3/t7-/m1/s1. The zero-order valence-corrected chi connectivity index (χ0v) is 10.3. The largest absolute Gasteiger partial charge is 0.443 e. The maximum absolute atomic E-state index is 12.7. The second-order valence-corrected chi connectivity index (χ2v) is 5.02. The highest BCUT2D eigenvalue weighted by atomic mass is 19.4. The highest BCUT2D eigenvalue weighted by Crippen LogP contribution is 2.36. The van der Waals surface area contributed by atoms with Crippen molar-refractivity contribution in [2.75, 3.05) is 0 Å². The van der Waals surface area contributed by atoms with Crippen molar-refractivity contribution in [2.45, 2.75) is 45.0 Å². The molecule has 0 unspecified atom stereocenters. The summed E-state index contributed by atoms with van der Waals surface area (Å²) in [6.07, 6.45) is -6.60. The molecule has 1 fully saturated rings. The molecule has 1 saturated heterocycles.